The van der Waals surface area contributed by atoms with E-state index in [0.717, 1.165) is 36.3 Å². The number of unbranched alkanes of at least 4 members (excludes halogenated alkanes) is 1. The van der Waals surface area contributed by atoms with Crippen LogP contribution in [0.15, 0.2) is 54.6 Å². The Morgan fingerprint density at radius 2 is 1.68 bits per heavy atom. The summed E-state index contributed by atoms with van der Waals surface area (Å²) in [5.41, 5.74) is 1.99. The molecule has 0 spiro atoms. The van der Waals surface area contributed by atoms with Gasteiger partial charge >= 0.3 is 0 Å². The van der Waals surface area contributed by atoms with E-state index in [-0.39, 0.29) is 6.04 Å². The third-order valence-electron chi connectivity index (χ3n) is 3.83. The van der Waals surface area contributed by atoms with Gasteiger partial charge in [0.2, 0.25) is 0 Å². The van der Waals surface area contributed by atoms with Crippen LogP contribution in [0.5, 0.6) is 5.75 Å². The van der Waals surface area contributed by atoms with E-state index in [4.69, 9.17) is 4.74 Å². The fraction of sp³-hybridized carbons (Fsp3) is 0.368. The number of nitrogens with one attached hydrogen (secondary N) is 1. The molecule has 0 heterocycles. The molecule has 118 valence electrons. The van der Waals surface area contributed by atoms with Gasteiger partial charge in [-0.25, -0.2) is 0 Å². The number of methoxy groups -OCH3 is 1. The molecule has 0 radical (unpaired) electrons. The van der Waals surface area contributed by atoms with Gasteiger partial charge in [-0.15, -0.1) is 0 Å². The van der Waals surface area contributed by atoms with Gasteiger partial charge in [-0.3, -0.25) is 0 Å². The number of ether oxygens (including phenoxy) is 1. The van der Waals surface area contributed by atoms with E-state index in [9.17, 15) is 5.11 Å². The van der Waals surface area contributed by atoms with E-state index in [1.54, 1.807) is 7.11 Å². The highest BCUT2D eigenvalue weighted by Crippen LogP contribution is 2.29. The van der Waals surface area contributed by atoms with Gasteiger partial charge in [-0.05, 0) is 36.2 Å². The summed E-state index contributed by atoms with van der Waals surface area (Å²) in [6, 6.07) is 17.6. The van der Waals surface area contributed by atoms with Crippen LogP contribution < -0.4 is 10.1 Å². The van der Waals surface area contributed by atoms with E-state index < -0.39 is 6.10 Å². The first-order valence-electron chi connectivity index (χ1n) is 7.86. The van der Waals surface area contributed by atoms with Crippen molar-refractivity contribution in [2.24, 2.45) is 0 Å². The molecule has 0 fully saturated rings. The van der Waals surface area contributed by atoms with Crippen LogP contribution >= 0.6 is 0 Å². The average Bonchev–Trinajstić information content (AvgIpc) is 2.59. The first kappa shape index (κ1) is 16.5. The Morgan fingerprint density at radius 1 is 1.00 bits per heavy atom. The van der Waals surface area contributed by atoms with Gasteiger partial charge in [0.1, 0.15) is 5.75 Å². The Labute approximate surface area is 133 Å². The van der Waals surface area contributed by atoms with Crippen molar-refractivity contribution < 1.29 is 9.84 Å². The molecule has 0 aromatic heterocycles. The van der Waals surface area contributed by atoms with E-state index in [1.807, 2.05) is 42.5 Å². The third kappa shape index (κ3) is 4.33. The molecule has 22 heavy (non-hydrogen) atoms. The standard InChI is InChI=1S/C19H25NO2/c1-3-4-14-20-18(15-8-6-5-7-9-15)19(21)16-10-12-17(22-2)13-11-16/h5-13,18-21H,3-4,14H2,1-2H3/t18-,19+/m0/s1. The number of rotatable bonds is 8. The minimum atomic E-state index is -0.592. The molecule has 2 N–H and O–H groups in total. The second kappa shape index (κ2) is 8.57. The number of hydrogen-bond acceptors (Lipinski definition) is 3. The van der Waals surface area contributed by atoms with Gasteiger partial charge in [0.05, 0.1) is 19.3 Å². The van der Waals surface area contributed by atoms with E-state index in [0.29, 0.717) is 0 Å². The maximum Gasteiger partial charge on any atom is 0.118 e. The van der Waals surface area contributed by atoms with Crippen LogP contribution in [-0.2, 0) is 0 Å². The zero-order valence-corrected chi connectivity index (χ0v) is 13.3. The Kier molecular flexibility index (Phi) is 6.44. The molecule has 0 saturated carbocycles. The molecule has 0 saturated heterocycles. The second-order valence-corrected chi connectivity index (χ2v) is 5.41. The molecule has 2 atom stereocenters. The predicted octanol–water partition coefficient (Wildman–Crippen LogP) is 3.86. The number of aliphatic hydroxyl groups is 1. The normalized spacial score (nSPS) is 13.6. The molecular weight excluding hydrogens is 274 g/mol. The summed E-state index contributed by atoms with van der Waals surface area (Å²) in [4.78, 5) is 0. The maximum atomic E-state index is 10.8. The number of aliphatic hydroxyl groups excluding tert-OH is 1. The molecule has 3 heteroatoms. The van der Waals surface area contributed by atoms with Crippen LogP contribution in [0, 0.1) is 0 Å². The van der Waals surface area contributed by atoms with E-state index in [2.05, 4.69) is 24.4 Å². The van der Waals surface area contributed by atoms with Crippen LogP contribution in [0.1, 0.15) is 43.0 Å². The van der Waals surface area contributed by atoms with Crippen molar-refractivity contribution in [1.82, 2.24) is 5.32 Å². The van der Waals surface area contributed by atoms with Crippen molar-refractivity contribution in [2.75, 3.05) is 13.7 Å². The van der Waals surface area contributed by atoms with Crippen molar-refractivity contribution in [3.05, 3.63) is 65.7 Å². The SMILES string of the molecule is CCCCN[C@@H](c1ccccc1)[C@H](O)c1ccc(OC)cc1. The summed E-state index contributed by atoms with van der Waals surface area (Å²) in [5, 5.41) is 14.3. The summed E-state index contributed by atoms with van der Waals surface area (Å²) in [6.07, 6.45) is 1.64. The fourth-order valence-electron chi connectivity index (χ4n) is 2.50. The lowest BCUT2D eigenvalue weighted by Gasteiger charge is -2.25. The Hall–Kier alpha value is -1.84. The number of hydrogen-bond donors (Lipinski definition) is 2. The van der Waals surface area contributed by atoms with Gasteiger partial charge < -0.3 is 15.2 Å². The van der Waals surface area contributed by atoms with Crippen LogP contribution in [0.4, 0.5) is 0 Å². The lowest BCUT2D eigenvalue weighted by atomic mass is 9.95. The fourth-order valence-corrected chi connectivity index (χ4v) is 2.50. The molecule has 0 amide bonds. The Morgan fingerprint density at radius 3 is 2.27 bits per heavy atom. The molecule has 0 aliphatic rings. The van der Waals surface area contributed by atoms with Crippen molar-refractivity contribution in [3.8, 4) is 5.75 Å². The summed E-state index contributed by atoms with van der Waals surface area (Å²) in [7, 11) is 1.64. The highest BCUT2D eigenvalue weighted by Gasteiger charge is 2.22. The number of benzene rings is 2. The van der Waals surface area contributed by atoms with Gasteiger partial charge in [-0.1, -0.05) is 55.8 Å². The average molecular weight is 299 g/mol. The van der Waals surface area contributed by atoms with Gasteiger partial charge in [0.25, 0.3) is 0 Å². The van der Waals surface area contributed by atoms with Crippen LogP contribution in [-0.4, -0.2) is 18.8 Å². The molecule has 2 rings (SSSR count). The smallest absolute Gasteiger partial charge is 0.118 e. The largest absolute Gasteiger partial charge is 0.497 e. The summed E-state index contributed by atoms with van der Waals surface area (Å²) in [5.74, 6) is 0.797. The van der Waals surface area contributed by atoms with Gasteiger partial charge in [0, 0.05) is 0 Å². The molecule has 0 bridgehead atoms. The minimum absolute atomic E-state index is 0.110. The molecular formula is C19H25NO2. The topological polar surface area (TPSA) is 41.5 Å². The zero-order chi connectivity index (χ0) is 15.8. The second-order valence-electron chi connectivity index (χ2n) is 5.41. The zero-order valence-electron chi connectivity index (χ0n) is 13.3. The van der Waals surface area contributed by atoms with Crippen molar-refractivity contribution >= 4 is 0 Å². The minimum Gasteiger partial charge on any atom is -0.497 e. The lowest BCUT2D eigenvalue weighted by molar-refractivity contribution is 0.128. The quantitative estimate of drug-likeness (QED) is 0.727. The van der Waals surface area contributed by atoms with Crippen molar-refractivity contribution in [3.63, 3.8) is 0 Å². The van der Waals surface area contributed by atoms with Crippen LogP contribution in [0.3, 0.4) is 0 Å². The molecule has 0 aliphatic heterocycles. The predicted molar refractivity (Wildman–Crippen MR) is 90.0 cm³/mol. The lowest BCUT2D eigenvalue weighted by Crippen LogP contribution is -2.28. The molecule has 2 aromatic carbocycles. The van der Waals surface area contributed by atoms with Gasteiger partial charge in [0.15, 0.2) is 0 Å². The van der Waals surface area contributed by atoms with Crippen LogP contribution in [0.25, 0.3) is 0 Å². The summed E-state index contributed by atoms with van der Waals surface area (Å²) >= 11 is 0. The molecule has 2 aromatic rings. The van der Waals surface area contributed by atoms with E-state index >= 15 is 0 Å². The van der Waals surface area contributed by atoms with E-state index in [1.165, 1.54) is 0 Å². The monoisotopic (exact) mass is 299 g/mol. The Bertz CT molecular complexity index is 539. The van der Waals surface area contributed by atoms with Crippen LogP contribution in [0.2, 0.25) is 0 Å². The highest BCUT2D eigenvalue weighted by molar-refractivity contribution is 5.31. The first-order valence-corrected chi connectivity index (χ1v) is 7.86. The van der Waals surface area contributed by atoms with Gasteiger partial charge in [-0.2, -0.15) is 0 Å². The third-order valence-corrected chi connectivity index (χ3v) is 3.83. The highest BCUT2D eigenvalue weighted by atomic mass is 16.5. The maximum absolute atomic E-state index is 10.8. The Balaban J connectivity index is 2.18. The molecule has 3 nitrogen and oxygen atoms in total. The summed E-state index contributed by atoms with van der Waals surface area (Å²) in [6.45, 7) is 3.06. The van der Waals surface area contributed by atoms with Crippen molar-refractivity contribution in [1.29, 1.82) is 0 Å². The molecule has 0 aliphatic carbocycles. The van der Waals surface area contributed by atoms with Crippen molar-refractivity contribution in [2.45, 2.75) is 31.9 Å². The molecule has 0 unspecified atom stereocenters. The summed E-state index contributed by atoms with van der Waals surface area (Å²) < 4.78 is 5.18. The first-order chi connectivity index (χ1) is 10.8.